The molecule has 1 aromatic carbocycles. The summed E-state index contributed by atoms with van der Waals surface area (Å²) in [6, 6.07) is 6.39. The van der Waals surface area contributed by atoms with Crippen LogP contribution < -0.4 is 5.32 Å². The molecule has 0 aliphatic carbocycles. The summed E-state index contributed by atoms with van der Waals surface area (Å²) in [5.41, 5.74) is 0.901. The molecule has 0 spiro atoms. The van der Waals surface area contributed by atoms with E-state index in [2.05, 4.69) is 12.2 Å². The predicted molar refractivity (Wildman–Crippen MR) is 75.0 cm³/mol. The van der Waals surface area contributed by atoms with Gasteiger partial charge in [-0.25, -0.2) is 4.39 Å². The second kappa shape index (κ2) is 7.80. The molecule has 1 aromatic rings. The summed E-state index contributed by atoms with van der Waals surface area (Å²) in [6.07, 6.45) is 1.75. The molecule has 3 nitrogen and oxygen atoms in total. The Labute approximate surface area is 119 Å². The fourth-order valence-electron chi connectivity index (χ4n) is 2.24. The van der Waals surface area contributed by atoms with Crippen molar-refractivity contribution in [1.29, 1.82) is 0 Å². The van der Waals surface area contributed by atoms with Crippen molar-refractivity contribution in [3.8, 4) is 0 Å². The second-order valence-electron chi connectivity index (χ2n) is 4.41. The van der Waals surface area contributed by atoms with Crippen molar-refractivity contribution in [2.24, 2.45) is 0 Å². The van der Waals surface area contributed by atoms with Crippen molar-refractivity contribution in [3.63, 3.8) is 0 Å². The van der Waals surface area contributed by atoms with Crippen LogP contribution in [0.3, 0.4) is 0 Å². The van der Waals surface area contributed by atoms with Crippen LogP contribution in [0.5, 0.6) is 0 Å². The summed E-state index contributed by atoms with van der Waals surface area (Å²) in [4.78, 5) is 0. The Bertz CT molecular complexity index is 366. The molecule has 2 rings (SSSR count). The summed E-state index contributed by atoms with van der Waals surface area (Å²) in [5.74, 6) is -0.914. The van der Waals surface area contributed by atoms with Crippen molar-refractivity contribution in [2.45, 2.75) is 25.6 Å². The van der Waals surface area contributed by atoms with Crippen molar-refractivity contribution in [3.05, 3.63) is 35.6 Å². The van der Waals surface area contributed by atoms with Gasteiger partial charge in [-0.15, -0.1) is 12.4 Å². The standard InChI is InChI=1S/C14H20FNO2.ClH/c1-2-16-9-3-8-14(17-10-11-18-14)12-4-6-13(15)7-5-12;/h4-7,16H,2-3,8-11H2,1H3;1H. The molecular formula is C14H21ClFNO2. The van der Waals surface area contributed by atoms with E-state index >= 15 is 0 Å². The summed E-state index contributed by atoms with van der Waals surface area (Å²) in [7, 11) is 0. The van der Waals surface area contributed by atoms with E-state index < -0.39 is 5.79 Å². The highest BCUT2D eigenvalue weighted by Gasteiger charge is 2.37. The van der Waals surface area contributed by atoms with Crippen molar-refractivity contribution in [1.82, 2.24) is 5.32 Å². The lowest BCUT2D eigenvalue weighted by atomic mass is 10.0. The number of halogens is 2. The zero-order valence-corrected chi connectivity index (χ0v) is 12.0. The molecule has 0 radical (unpaired) electrons. The van der Waals surface area contributed by atoms with E-state index in [0.29, 0.717) is 13.2 Å². The van der Waals surface area contributed by atoms with Gasteiger partial charge in [0.25, 0.3) is 0 Å². The average Bonchev–Trinajstić information content (AvgIpc) is 2.85. The fraction of sp³-hybridized carbons (Fsp3) is 0.571. The molecule has 108 valence electrons. The first-order valence-electron chi connectivity index (χ1n) is 6.51. The minimum atomic E-state index is -0.677. The third-order valence-corrected chi connectivity index (χ3v) is 3.15. The summed E-state index contributed by atoms with van der Waals surface area (Å²) < 4.78 is 24.5. The van der Waals surface area contributed by atoms with E-state index in [1.54, 1.807) is 12.1 Å². The highest BCUT2D eigenvalue weighted by Crippen LogP contribution is 2.35. The van der Waals surface area contributed by atoms with Crippen LogP contribution in [0.25, 0.3) is 0 Å². The molecule has 0 aromatic heterocycles. The van der Waals surface area contributed by atoms with Crippen LogP contribution in [0.2, 0.25) is 0 Å². The van der Waals surface area contributed by atoms with Gasteiger partial charge in [0, 0.05) is 12.0 Å². The first-order valence-corrected chi connectivity index (χ1v) is 6.51. The SMILES string of the molecule is CCNCCCC1(c2ccc(F)cc2)OCCO1.Cl. The molecule has 5 heteroatoms. The lowest BCUT2D eigenvalue weighted by Crippen LogP contribution is -2.28. The van der Waals surface area contributed by atoms with Crippen molar-refractivity contribution in [2.75, 3.05) is 26.3 Å². The van der Waals surface area contributed by atoms with E-state index in [-0.39, 0.29) is 18.2 Å². The van der Waals surface area contributed by atoms with Gasteiger partial charge in [-0.3, -0.25) is 0 Å². The fourth-order valence-corrected chi connectivity index (χ4v) is 2.24. The van der Waals surface area contributed by atoms with Gasteiger partial charge in [-0.2, -0.15) is 0 Å². The maximum atomic E-state index is 13.0. The molecule has 1 heterocycles. The molecule has 0 bridgehead atoms. The summed E-state index contributed by atoms with van der Waals surface area (Å²) in [5, 5.41) is 3.28. The van der Waals surface area contributed by atoms with E-state index in [4.69, 9.17) is 9.47 Å². The number of hydrogen-bond donors (Lipinski definition) is 1. The third kappa shape index (κ3) is 4.14. The molecule has 0 atom stereocenters. The van der Waals surface area contributed by atoms with Crippen molar-refractivity contribution >= 4 is 12.4 Å². The highest BCUT2D eigenvalue weighted by atomic mass is 35.5. The van der Waals surface area contributed by atoms with Gasteiger partial charge in [0.05, 0.1) is 13.2 Å². The minimum Gasteiger partial charge on any atom is -0.343 e. The van der Waals surface area contributed by atoms with Gasteiger partial charge in [0.1, 0.15) is 5.82 Å². The van der Waals surface area contributed by atoms with Gasteiger partial charge in [-0.05, 0) is 31.6 Å². The normalized spacial score (nSPS) is 17.2. The van der Waals surface area contributed by atoms with Crippen LogP contribution in [0.1, 0.15) is 25.3 Å². The van der Waals surface area contributed by atoms with Gasteiger partial charge in [0.15, 0.2) is 5.79 Å². The molecular weight excluding hydrogens is 269 g/mol. The summed E-state index contributed by atoms with van der Waals surface area (Å²) in [6.45, 7) is 5.17. The predicted octanol–water partition coefficient (Wildman–Crippen LogP) is 2.84. The number of rotatable bonds is 6. The Kier molecular flexibility index (Phi) is 6.72. The van der Waals surface area contributed by atoms with E-state index in [9.17, 15) is 4.39 Å². The van der Waals surface area contributed by atoms with Crippen LogP contribution >= 0.6 is 12.4 Å². The largest absolute Gasteiger partial charge is 0.343 e. The molecule has 1 aliphatic heterocycles. The minimum absolute atomic E-state index is 0. The van der Waals surface area contributed by atoms with Gasteiger partial charge in [-0.1, -0.05) is 19.1 Å². The number of benzene rings is 1. The van der Waals surface area contributed by atoms with Crippen LogP contribution in [0.15, 0.2) is 24.3 Å². The molecule has 1 fully saturated rings. The highest BCUT2D eigenvalue weighted by molar-refractivity contribution is 5.85. The molecule has 19 heavy (non-hydrogen) atoms. The second-order valence-corrected chi connectivity index (χ2v) is 4.41. The van der Waals surface area contributed by atoms with E-state index in [1.807, 2.05) is 0 Å². The molecule has 0 saturated carbocycles. The van der Waals surface area contributed by atoms with Gasteiger partial charge in [0.2, 0.25) is 0 Å². The van der Waals surface area contributed by atoms with Crippen molar-refractivity contribution < 1.29 is 13.9 Å². The first kappa shape index (κ1) is 16.4. The molecule has 0 amide bonds. The smallest absolute Gasteiger partial charge is 0.195 e. The zero-order chi connectivity index (χ0) is 12.8. The Morgan fingerprint density at radius 2 is 1.84 bits per heavy atom. The number of hydrogen-bond acceptors (Lipinski definition) is 3. The topological polar surface area (TPSA) is 30.5 Å². The maximum absolute atomic E-state index is 13.0. The van der Waals surface area contributed by atoms with E-state index in [1.165, 1.54) is 12.1 Å². The zero-order valence-electron chi connectivity index (χ0n) is 11.2. The Morgan fingerprint density at radius 1 is 1.21 bits per heavy atom. The van der Waals surface area contributed by atoms with Crippen LogP contribution in [-0.4, -0.2) is 26.3 Å². The van der Waals surface area contributed by atoms with E-state index in [0.717, 1.165) is 31.5 Å². The molecule has 1 N–H and O–H groups in total. The first-order chi connectivity index (χ1) is 8.77. The number of ether oxygens (including phenoxy) is 2. The molecule has 1 aliphatic rings. The van der Waals surface area contributed by atoms with Gasteiger partial charge < -0.3 is 14.8 Å². The monoisotopic (exact) mass is 289 g/mol. The molecule has 1 saturated heterocycles. The maximum Gasteiger partial charge on any atom is 0.195 e. The third-order valence-electron chi connectivity index (χ3n) is 3.15. The van der Waals surface area contributed by atoms with Crippen LogP contribution in [-0.2, 0) is 15.3 Å². The van der Waals surface area contributed by atoms with Crippen LogP contribution in [0.4, 0.5) is 4.39 Å². The Hall–Kier alpha value is -0.680. The Morgan fingerprint density at radius 3 is 2.42 bits per heavy atom. The van der Waals surface area contributed by atoms with Gasteiger partial charge >= 0.3 is 0 Å². The van der Waals surface area contributed by atoms with Crippen LogP contribution in [0, 0.1) is 5.82 Å². The average molecular weight is 290 g/mol. The lowest BCUT2D eigenvalue weighted by Gasteiger charge is -2.28. The number of nitrogens with one attached hydrogen (secondary N) is 1. The molecule has 0 unspecified atom stereocenters. The quantitative estimate of drug-likeness (QED) is 0.817. The Balaban J connectivity index is 0.00000180. The summed E-state index contributed by atoms with van der Waals surface area (Å²) >= 11 is 0. The lowest BCUT2D eigenvalue weighted by molar-refractivity contribution is -0.171.